The summed E-state index contributed by atoms with van der Waals surface area (Å²) >= 11 is 0. The second kappa shape index (κ2) is 7.62. The fourth-order valence-electron chi connectivity index (χ4n) is 3.17. The van der Waals surface area contributed by atoms with Crippen LogP contribution in [0.3, 0.4) is 0 Å². The lowest BCUT2D eigenvalue weighted by molar-refractivity contribution is -0.141. The molecule has 2 heterocycles. The average molecular weight is 331 g/mol. The van der Waals surface area contributed by atoms with Gasteiger partial charge in [-0.25, -0.2) is 0 Å². The molecule has 0 bridgehead atoms. The summed E-state index contributed by atoms with van der Waals surface area (Å²) in [7, 11) is 0. The fraction of sp³-hybridized carbons (Fsp3) is 0.867. The maximum absolute atomic E-state index is 12.3. The third kappa shape index (κ3) is 4.33. The lowest BCUT2D eigenvalue weighted by Crippen LogP contribution is -2.53. The molecule has 3 aliphatic rings. The summed E-state index contributed by atoms with van der Waals surface area (Å²) in [6.07, 6.45) is 4.07. The van der Waals surface area contributed by atoms with Crippen LogP contribution >= 0.6 is 12.4 Å². The van der Waals surface area contributed by atoms with Gasteiger partial charge < -0.3 is 15.5 Å². The van der Waals surface area contributed by atoms with Crippen LogP contribution in [0, 0.1) is 5.92 Å². The molecule has 0 atom stereocenters. The second-order valence-corrected chi connectivity index (χ2v) is 6.59. The van der Waals surface area contributed by atoms with Crippen molar-refractivity contribution in [2.45, 2.75) is 31.7 Å². The Kier molecular flexibility index (Phi) is 6.06. The Morgan fingerprint density at radius 2 is 1.41 bits per heavy atom. The number of nitrogens with zero attached hydrogens (tertiary/aromatic N) is 3. The van der Waals surface area contributed by atoms with E-state index in [1.54, 1.807) is 0 Å². The van der Waals surface area contributed by atoms with Gasteiger partial charge in [0.2, 0.25) is 11.8 Å². The SMILES string of the molecule is Cl.NC1CCN(CC(=O)N2CCN(C(=O)C3CC3)CC2)CC1. The standard InChI is InChI=1S/C15H26N4O2.ClH/c16-13-3-5-17(6-4-13)11-14(20)18-7-9-19(10-8-18)15(21)12-1-2-12;/h12-13H,1-11,16H2;1H. The molecular weight excluding hydrogens is 304 g/mol. The number of hydrogen-bond donors (Lipinski definition) is 1. The molecule has 2 saturated heterocycles. The molecule has 1 saturated carbocycles. The van der Waals surface area contributed by atoms with E-state index in [1.807, 2.05) is 9.80 Å². The summed E-state index contributed by atoms with van der Waals surface area (Å²) in [5.74, 6) is 0.779. The predicted molar refractivity (Wildman–Crippen MR) is 86.8 cm³/mol. The Labute approximate surface area is 138 Å². The molecule has 6 nitrogen and oxygen atoms in total. The maximum Gasteiger partial charge on any atom is 0.236 e. The van der Waals surface area contributed by atoms with Gasteiger partial charge in [-0.2, -0.15) is 0 Å². The zero-order chi connectivity index (χ0) is 14.8. The van der Waals surface area contributed by atoms with Crippen molar-refractivity contribution in [1.82, 2.24) is 14.7 Å². The summed E-state index contributed by atoms with van der Waals surface area (Å²) in [5.41, 5.74) is 5.88. The second-order valence-electron chi connectivity index (χ2n) is 6.59. The third-order valence-electron chi connectivity index (χ3n) is 4.86. The molecule has 2 N–H and O–H groups in total. The Morgan fingerprint density at radius 1 is 0.864 bits per heavy atom. The molecule has 1 aliphatic carbocycles. The number of carbonyl (C=O) groups is 2. The normalized spacial score (nSPS) is 24.0. The van der Waals surface area contributed by atoms with Gasteiger partial charge in [-0.1, -0.05) is 0 Å². The molecular formula is C15H27ClN4O2. The van der Waals surface area contributed by atoms with Crippen LogP contribution in [0.2, 0.25) is 0 Å². The first-order chi connectivity index (χ1) is 10.1. The topological polar surface area (TPSA) is 69.9 Å². The van der Waals surface area contributed by atoms with E-state index >= 15 is 0 Å². The third-order valence-corrected chi connectivity index (χ3v) is 4.86. The molecule has 2 amide bonds. The molecule has 0 spiro atoms. The van der Waals surface area contributed by atoms with E-state index < -0.39 is 0 Å². The molecule has 0 aromatic carbocycles. The summed E-state index contributed by atoms with van der Waals surface area (Å²) < 4.78 is 0. The number of halogens is 1. The number of carbonyl (C=O) groups excluding carboxylic acids is 2. The van der Waals surface area contributed by atoms with E-state index in [0.29, 0.717) is 44.7 Å². The van der Waals surface area contributed by atoms with Gasteiger partial charge in [-0.05, 0) is 25.7 Å². The molecule has 3 fully saturated rings. The molecule has 22 heavy (non-hydrogen) atoms. The Bertz CT molecular complexity index is 400. The van der Waals surface area contributed by atoms with E-state index in [1.165, 1.54) is 0 Å². The van der Waals surface area contributed by atoms with E-state index in [-0.39, 0.29) is 24.2 Å². The first kappa shape index (κ1) is 17.5. The van der Waals surface area contributed by atoms with Crippen LogP contribution < -0.4 is 5.73 Å². The zero-order valence-corrected chi connectivity index (χ0v) is 13.9. The minimum atomic E-state index is 0. The van der Waals surface area contributed by atoms with E-state index in [4.69, 9.17) is 5.73 Å². The van der Waals surface area contributed by atoms with Crippen molar-refractivity contribution in [3.63, 3.8) is 0 Å². The van der Waals surface area contributed by atoms with Crippen molar-refractivity contribution in [2.75, 3.05) is 45.8 Å². The first-order valence-electron chi connectivity index (χ1n) is 8.18. The minimum absolute atomic E-state index is 0. The van der Waals surface area contributed by atoms with Gasteiger partial charge in [0.15, 0.2) is 0 Å². The molecule has 0 unspecified atom stereocenters. The highest BCUT2D eigenvalue weighted by molar-refractivity contribution is 5.85. The number of nitrogens with two attached hydrogens (primary N) is 1. The number of piperidine rings is 1. The zero-order valence-electron chi connectivity index (χ0n) is 13.1. The molecule has 7 heteroatoms. The Morgan fingerprint density at radius 3 is 1.95 bits per heavy atom. The van der Waals surface area contributed by atoms with Crippen molar-refractivity contribution < 1.29 is 9.59 Å². The molecule has 2 aliphatic heterocycles. The van der Waals surface area contributed by atoms with Crippen molar-refractivity contribution in [3.05, 3.63) is 0 Å². The van der Waals surface area contributed by atoms with Crippen LogP contribution in [0.4, 0.5) is 0 Å². The predicted octanol–water partition coefficient (Wildman–Crippen LogP) is -0.0879. The smallest absolute Gasteiger partial charge is 0.236 e. The number of amides is 2. The molecule has 3 rings (SSSR count). The van der Waals surface area contributed by atoms with Gasteiger partial charge in [0, 0.05) is 51.2 Å². The molecule has 0 aromatic heterocycles. The molecule has 0 aromatic rings. The van der Waals surface area contributed by atoms with Gasteiger partial charge in [0.25, 0.3) is 0 Å². The van der Waals surface area contributed by atoms with Crippen LogP contribution in [0.1, 0.15) is 25.7 Å². The first-order valence-corrected chi connectivity index (χ1v) is 8.18. The summed E-state index contributed by atoms with van der Waals surface area (Å²) in [6, 6.07) is 0.299. The number of likely N-dealkylation sites (tertiary alicyclic amines) is 1. The quantitative estimate of drug-likeness (QED) is 0.785. The minimum Gasteiger partial charge on any atom is -0.339 e. The van der Waals surface area contributed by atoms with Gasteiger partial charge in [-0.15, -0.1) is 12.4 Å². The summed E-state index contributed by atoms with van der Waals surface area (Å²) in [6.45, 7) is 5.12. The highest BCUT2D eigenvalue weighted by Crippen LogP contribution is 2.31. The van der Waals surface area contributed by atoms with Crippen LogP contribution in [-0.2, 0) is 9.59 Å². The average Bonchev–Trinajstić information content (AvgIpc) is 3.34. The van der Waals surface area contributed by atoms with Crippen LogP contribution in [0.15, 0.2) is 0 Å². The van der Waals surface area contributed by atoms with Crippen molar-refractivity contribution in [1.29, 1.82) is 0 Å². The van der Waals surface area contributed by atoms with Crippen LogP contribution in [0.25, 0.3) is 0 Å². The van der Waals surface area contributed by atoms with Gasteiger partial charge in [0.1, 0.15) is 0 Å². The number of rotatable bonds is 3. The maximum atomic E-state index is 12.3. The lowest BCUT2D eigenvalue weighted by Gasteiger charge is -2.37. The van der Waals surface area contributed by atoms with E-state index in [0.717, 1.165) is 38.8 Å². The highest BCUT2D eigenvalue weighted by atomic mass is 35.5. The Balaban J connectivity index is 0.00000176. The monoisotopic (exact) mass is 330 g/mol. The highest BCUT2D eigenvalue weighted by Gasteiger charge is 2.35. The largest absolute Gasteiger partial charge is 0.339 e. The van der Waals surface area contributed by atoms with E-state index in [9.17, 15) is 9.59 Å². The fourth-order valence-corrected chi connectivity index (χ4v) is 3.17. The molecule has 0 radical (unpaired) electrons. The van der Waals surface area contributed by atoms with Gasteiger partial charge >= 0.3 is 0 Å². The number of hydrogen-bond acceptors (Lipinski definition) is 4. The van der Waals surface area contributed by atoms with Crippen molar-refractivity contribution in [2.24, 2.45) is 11.7 Å². The summed E-state index contributed by atoms with van der Waals surface area (Å²) in [5, 5.41) is 0. The van der Waals surface area contributed by atoms with Gasteiger partial charge in [-0.3, -0.25) is 14.5 Å². The van der Waals surface area contributed by atoms with Crippen molar-refractivity contribution >= 4 is 24.2 Å². The molecule has 126 valence electrons. The Hall–Kier alpha value is -0.850. The number of piperazine rings is 1. The van der Waals surface area contributed by atoms with E-state index in [2.05, 4.69) is 4.90 Å². The summed E-state index contributed by atoms with van der Waals surface area (Å²) in [4.78, 5) is 30.3. The van der Waals surface area contributed by atoms with Crippen LogP contribution in [-0.4, -0.2) is 78.4 Å². The van der Waals surface area contributed by atoms with Crippen molar-refractivity contribution in [3.8, 4) is 0 Å². The lowest BCUT2D eigenvalue weighted by atomic mass is 10.1. The van der Waals surface area contributed by atoms with Gasteiger partial charge in [0.05, 0.1) is 6.54 Å². The van der Waals surface area contributed by atoms with Crippen LogP contribution in [0.5, 0.6) is 0 Å².